The number of carbonyl (C=O) groups excluding carboxylic acids is 1. The molecule has 0 radical (unpaired) electrons. The van der Waals surface area contributed by atoms with E-state index in [0.717, 1.165) is 17.7 Å². The van der Waals surface area contributed by atoms with E-state index in [-0.39, 0.29) is 17.4 Å². The first-order valence-electron chi connectivity index (χ1n) is 10.9. The summed E-state index contributed by atoms with van der Waals surface area (Å²) in [5.74, 6) is -0.346. The van der Waals surface area contributed by atoms with Gasteiger partial charge in [0.1, 0.15) is 0 Å². The molecule has 5 rings (SSSR count). The van der Waals surface area contributed by atoms with Crippen molar-refractivity contribution in [2.24, 2.45) is 0 Å². The van der Waals surface area contributed by atoms with Crippen LogP contribution < -0.4 is 4.90 Å². The highest BCUT2D eigenvalue weighted by atomic mass is 19.4. The van der Waals surface area contributed by atoms with Gasteiger partial charge in [0.2, 0.25) is 0 Å². The summed E-state index contributed by atoms with van der Waals surface area (Å²) in [6, 6.07) is 8.46. The Labute approximate surface area is 189 Å². The number of pyridine rings is 1. The van der Waals surface area contributed by atoms with Gasteiger partial charge in [0.05, 0.1) is 42.2 Å². The number of halogens is 3. The number of rotatable bonds is 3. The predicted octanol–water partition coefficient (Wildman–Crippen LogP) is 5.03. The zero-order valence-electron chi connectivity index (χ0n) is 18.3. The number of anilines is 1. The molecule has 3 heterocycles. The maximum absolute atomic E-state index is 13.7. The molecule has 2 aromatic heterocycles. The summed E-state index contributed by atoms with van der Waals surface area (Å²) in [6.45, 7) is 2.84. The third kappa shape index (κ3) is 3.80. The van der Waals surface area contributed by atoms with E-state index < -0.39 is 11.9 Å². The molecule has 1 aliphatic heterocycles. The number of benzene rings is 1. The van der Waals surface area contributed by atoms with E-state index in [1.54, 1.807) is 37.5 Å². The minimum atomic E-state index is -4.52. The minimum Gasteiger partial charge on any atom is -0.370 e. The molecule has 9 heteroatoms. The normalized spacial score (nSPS) is 17.5. The van der Waals surface area contributed by atoms with Crippen LogP contribution in [-0.2, 0) is 30.5 Å². The van der Waals surface area contributed by atoms with Crippen LogP contribution >= 0.6 is 0 Å². The topological polar surface area (TPSA) is 60.2 Å². The quantitative estimate of drug-likeness (QED) is 0.555. The van der Waals surface area contributed by atoms with Gasteiger partial charge in [-0.2, -0.15) is 18.3 Å². The summed E-state index contributed by atoms with van der Waals surface area (Å²) in [5, 5.41) is 3.97. The summed E-state index contributed by atoms with van der Waals surface area (Å²) in [5.41, 5.74) is 3.24. The molecule has 1 amide bonds. The van der Waals surface area contributed by atoms with Gasteiger partial charge in [0.15, 0.2) is 5.69 Å². The number of carbonyl (C=O) groups is 1. The van der Waals surface area contributed by atoms with E-state index >= 15 is 0 Å². The molecule has 0 bridgehead atoms. The Morgan fingerprint density at radius 3 is 2.85 bits per heavy atom. The van der Waals surface area contributed by atoms with Crippen LogP contribution in [-0.4, -0.2) is 27.7 Å². The Kier molecular flexibility index (Phi) is 5.23. The summed E-state index contributed by atoms with van der Waals surface area (Å²) in [6.07, 6.45) is -1.05. The summed E-state index contributed by atoms with van der Waals surface area (Å²) in [7, 11) is 1.65. The van der Waals surface area contributed by atoms with E-state index in [9.17, 15) is 18.0 Å². The molecule has 0 fully saturated rings. The highest BCUT2D eigenvalue weighted by Gasteiger charge is 2.41. The average Bonchev–Trinajstić information content (AvgIpc) is 3.43. The van der Waals surface area contributed by atoms with Gasteiger partial charge in [-0.05, 0) is 49.4 Å². The number of amides is 1. The Bertz CT molecular complexity index is 1230. The maximum atomic E-state index is 13.7. The molecule has 0 saturated carbocycles. The molecule has 0 spiro atoms. The summed E-state index contributed by atoms with van der Waals surface area (Å²) >= 11 is 0. The van der Waals surface area contributed by atoms with E-state index in [0.29, 0.717) is 48.7 Å². The molecule has 1 aromatic carbocycles. The van der Waals surface area contributed by atoms with Gasteiger partial charge < -0.3 is 9.64 Å². The van der Waals surface area contributed by atoms with Gasteiger partial charge in [-0.25, -0.2) is 4.68 Å². The number of alkyl halides is 3. The molecule has 3 aromatic rings. The van der Waals surface area contributed by atoms with E-state index in [2.05, 4.69) is 10.1 Å². The average molecular weight is 456 g/mol. The van der Waals surface area contributed by atoms with Crippen molar-refractivity contribution in [1.29, 1.82) is 0 Å². The lowest BCUT2D eigenvalue weighted by Crippen LogP contribution is -2.26. The first-order valence-corrected chi connectivity index (χ1v) is 10.9. The Morgan fingerprint density at radius 1 is 1.24 bits per heavy atom. The van der Waals surface area contributed by atoms with Crippen LogP contribution in [0.3, 0.4) is 0 Å². The third-order valence-corrected chi connectivity index (χ3v) is 6.39. The van der Waals surface area contributed by atoms with Crippen molar-refractivity contribution >= 4 is 11.6 Å². The third-order valence-electron chi connectivity index (χ3n) is 6.39. The first kappa shape index (κ1) is 21.6. The largest absolute Gasteiger partial charge is 0.435 e. The van der Waals surface area contributed by atoms with Gasteiger partial charge in [-0.1, -0.05) is 13.0 Å². The molecule has 1 aliphatic carbocycles. The fourth-order valence-electron chi connectivity index (χ4n) is 4.67. The zero-order chi connectivity index (χ0) is 23.3. The molecule has 6 nitrogen and oxygen atoms in total. The number of fused-ring (bicyclic) bond motifs is 2. The van der Waals surface area contributed by atoms with Crippen molar-refractivity contribution in [1.82, 2.24) is 14.8 Å². The van der Waals surface area contributed by atoms with Gasteiger partial charge in [-0.15, -0.1) is 0 Å². The number of aromatic nitrogens is 3. The molecule has 1 unspecified atom stereocenters. The van der Waals surface area contributed by atoms with Crippen LogP contribution in [0, 0.1) is 0 Å². The molecule has 0 N–H and O–H groups in total. The second kappa shape index (κ2) is 7.98. The Balaban J connectivity index is 1.51. The van der Waals surface area contributed by atoms with Crippen LogP contribution in [0.25, 0.3) is 5.69 Å². The lowest BCUT2D eigenvalue weighted by Gasteiger charge is -2.22. The van der Waals surface area contributed by atoms with Crippen LogP contribution in [0.5, 0.6) is 0 Å². The number of hydrogen-bond acceptors (Lipinski definition) is 4. The summed E-state index contributed by atoms with van der Waals surface area (Å²) in [4.78, 5) is 19.0. The van der Waals surface area contributed by atoms with E-state index in [1.165, 1.54) is 9.58 Å². The maximum Gasteiger partial charge on any atom is 0.435 e. The lowest BCUT2D eigenvalue weighted by molar-refractivity contribution is -0.142. The second-order valence-electron chi connectivity index (χ2n) is 8.62. The standard InChI is InChI=1S/C24H23F3N4O2/c1-14-5-3-8-19-21(14)31(29-22(19)24(25,26)27)17-7-4-6-15(9-17)23(32)30(2)18-10-16-12-33-13-20(16)28-11-18/h4,6-7,9-11,14H,3,5,8,12-13H2,1-2H3. The van der Waals surface area contributed by atoms with Crippen molar-refractivity contribution < 1.29 is 22.7 Å². The van der Waals surface area contributed by atoms with Gasteiger partial charge >= 0.3 is 6.18 Å². The van der Waals surface area contributed by atoms with Crippen LogP contribution in [0.1, 0.15) is 64.2 Å². The van der Waals surface area contributed by atoms with E-state index in [1.807, 2.05) is 13.0 Å². The van der Waals surface area contributed by atoms with Crippen LogP contribution in [0.2, 0.25) is 0 Å². The molecule has 172 valence electrons. The fraction of sp³-hybridized carbons (Fsp3) is 0.375. The first-order chi connectivity index (χ1) is 15.7. The van der Waals surface area contributed by atoms with Crippen molar-refractivity contribution in [3.63, 3.8) is 0 Å². The van der Waals surface area contributed by atoms with Gasteiger partial charge in [0, 0.05) is 23.7 Å². The molecular weight excluding hydrogens is 433 g/mol. The van der Waals surface area contributed by atoms with Crippen molar-refractivity contribution in [3.8, 4) is 5.69 Å². The molecule has 1 atom stereocenters. The fourth-order valence-corrected chi connectivity index (χ4v) is 4.67. The van der Waals surface area contributed by atoms with Crippen LogP contribution in [0.15, 0.2) is 36.5 Å². The van der Waals surface area contributed by atoms with Gasteiger partial charge in [0.25, 0.3) is 5.91 Å². The minimum absolute atomic E-state index is 0.0564. The molecule has 2 aliphatic rings. The molecule has 33 heavy (non-hydrogen) atoms. The van der Waals surface area contributed by atoms with Crippen LogP contribution in [0.4, 0.5) is 18.9 Å². The smallest absolute Gasteiger partial charge is 0.370 e. The number of ether oxygens (including phenoxy) is 1. The summed E-state index contributed by atoms with van der Waals surface area (Å²) < 4.78 is 47.8. The SMILES string of the molecule is CC1CCCc2c(C(F)(F)F)nn(-c3cccc(C(=O)N(C)c4cnc5c(c4)COC5)c3)c21. The lowest BCUT2D eigenvalue weighted by atomic mass is 9.87. The molecule has 0 saturated heterocycles. The van der Waals surface area contributed by atoms with E-state index in [4.69, 9.17) is 4.74 Å². The Morgan fingerprint density at radius 2 is 2.06 bits per heavy atom. The zero-order valence-corrected chi connectivity index (χ0v) is 18.3. The highest BCUT2D eigenvalue weighted by molar-refractivity contribution is 6.06. The highest BCUT2D eigenvalue weighted by Crippen LogP contribution is 2.40. The number of nitrogens with zero attached hydrogens (tertiary/aromatic N) is 4. The van der Waals surface area contributed by atoms with Crippen molar-refractivity contribution in [3.05, 3.63) is 70.3 Å². The second-order valence-corrected chi connectivity index (χ2v) is 8.62. The molecular formula is C24H23F3N4O2. The monoisotopic (exact) mass is 456 g/mol. The van der Waals surface area contributed by atoms with Crippen molar-refractivity contribution in [2.75, 3.05) is 11.9 Å². The number of hydrogen-bond donors (Lipinski definition) is 0. The Hall–Kier alpha value is -3.20. The van der Waals surface area contributed by atoms with Gasteiger partial charge in [-0.3, -0.25) is 9.78 Å². The predicted molar refractivity (Wildman–Crippen MR) is 115 cm³/mol. The van der Waals surface area contributed by atoms with Crippen molar-refractivity contribution in [2.45, 2.75) is 51.5 Å².